The number of nitrogens with zero attached hydrogens (tertiary/aromatic N) is 4. The summed E-state index contributed by atoms with van der Waals surface area (Å²) in [5, 5.41) is 15.8. The molecule has 3 aromatic carbocycles. The molecule has 4 amide bonds. The third kappa shape index (κ3) is 7.88. The lowest BCUT2D eigenvalue weighted by atomic mass is 10.0. The average Bonchev–Trinajstić information content (AvgIpc) is 2.99. The molecular weight excluding hydrogens is 530 g/mol. The first-order chi connectivity index (χ1) is 20.2. The maximum Gasteiger partial charge on any atom is 0.334 e. The molecule has 0 radical (unpaired) electrons. The molecule has 3 aromatic rings. The minimum Gasteiger partial charge on any atom is -0.508 e. The highest BCUT2D eigenvalue weighted by Crippen LogP contribution is 2.23. The summed E-state index contributed by atoms with van der Waals surface area (Å²) >= 11 is 0. The molecule has 2 atom stereocenters. The Morgan fingerprint density at radius 1 is 0.929 bits per heavy atom. The number of carbonyl (C=O) groups is 3. The van der Waals surface area contributed by atoms with Crippen molar-refractivity contribution in [1.29, 1.82) is 0 Å². The van der Waals surface area contributed by atoms with E-state index in [0.717, 1.165) is 30.4 Å². The number of hydrogen-bond acceptors (Lipinski definition) is 5. The molecule has 42 heavy (non-hydrogen) atoms. The van der Waals surface area contributed by atoms with Crippen molar-refractivity contribution in [3.05, 3.63) is 102 Å². The van der Waals surface area contributed by atoms with Gasteiger partial charge >= 0.3 is 6.03 Å². The third-order valence-electron chi connectivity index (χ3n) is 7.69. The van der Waals surface area contributed by atoms with Gasteiger partial charge in [-0.15, -0.1) is 0 Å². The molecule has 1 aliphatic rings. The number of benzene rings is 3. The van der Waals surface area contributed by atoms with Gasteiger partial charge in [-0.05, 0) is 55.0 Å². The summed E-state index contributed by atoms with van der Waals surface area (Å²) in [5.41, 5.74) is 3.03. The molecule has 0 aromatic heterocycles. The monoisotopic (exact) mass is 571 g/mol. The highest BCUT2D eigenvalue weighted by molar-refractivity contribution is 5.90. The van der Waals surface area contributed by atoms with Gasteiger partial charge in [-0.2, -0.15) is 0 Å². The number of phenolic OH excluding ortho intramolecular Hbond substituents is 1. The molecule has 9 nitrogen and oxygen atoms in total. The molecule has 0 saturated carbocycles. The zero-order chi connectivity index (χ0) is 30.1. The Morgan fingerprint density at radius 2 is 1.55 bits per heavy atom. The van der Waals surface area contributed by atoms with E-state index in [4.69, 9.17) is 0 Å². The number of hydrogen-bond donors (Lipinski definition) is 2. The number of hydrazine groups is 1. The number of nitrogens with one attached hydrogen (secondary N) is 1. The molecule has 4 rings (SSSR count). The maximum absolute atomic E-state index is 14.0. The van der Waals surface area contributed by atoms with E-state index in [1.165, 1.54) is 15.5 Å². The fraction of sp³-hybridized carbons (Fsp3) is 0.364. The number of aryl methyl sites for hydroxylation is 1. The van der Waals surface area contributed by atoms with Crippen molar-refractivity contribution in [2.24, 2.45) is 0 Å². The minimum atomic E-state index is -0.825. The van der Waals surface area contributed by atoms with Crippen LogP contribution >= 0.6 is 0 Å². The van der Waals surface area contributed by atoms with Crippen molar-refractivity contribution in [3.8, 4) is 5.75 Å². The minimum absolute atomic E-state index is 0.0384. The summed E-state index contributed by atoms with van der Waals surface area (Å²) in [6, 6.07) is 25.3. The first-order valence-corrected chi connectivity index (χ1v) is 14.4. The number of unbranched alkanes of at least 4 members (excludes halogenated alkanes) is 1. The van der Waals surface area contributed by atoms with Crippen LogP contribution in [0.4, 0.5) is 4.79 Å². The predicted molar refractivity (Wildman–Crippen MR) is 162 cm³/mol. The number of aromatic hydroxyl groups is 1. The lowest BCUT2D eigenvalue weighted by Crippen LogP contribution is -2.70. The molecule has 1 saturated heterocycles. The zero-order valence-corrected chi connectivity index (χ0v) is 24.6. The van der Waals surface area contributed by atoms with Gasteiger partial charge in [-0.1, -0.05) is 72.8 Å². The van der Waals surface area contributed by atoms with Crippen molar-refractivity contribution in [2.45, 2.75) is 51.4 Å². The largest absolute Gasteiger partial charge is 0.508 e. The number of carbonyl (C=O) groups excluding carboxylic acids is 3. The van der Waals surface area contributed by atoms with Gasteiger partial charge in [-0.25, -0.2) is 14.8 Å². The second-order valence-corrected chi connectivity index (χ2v) is 10.8. The number of rotatable bonds is 11. The van der Waals surface area contributed by atoms with Crippen LogP contribution in [0.1, 0.15) is 36.5 Å². The van der Waals surface area contributed by atoms with Gasteiger partial charge in [0.05, 0.1) is 6.54 Å². The third-order valence-corrected chi connectivity index (χ3v) is 7.69. The van der Waals surface area contributed by atoms with Crippen LogP contribution in [0.15, 0.2) is 84.9 Å². The Morgan fingerprint density at radius 3 is 2.19 bits per heavy atom. The van der Waals surface area contributed by atoms with Crippen LogP contribution in [-0.4, -0.2) is 82.2 Å². The van der Waals surface area contributed by atoms with Crippen LogP contribution in [0.25, 0.3) is 0 Å². The Balaban J connectivity index is 1.49. The average molecular weight is 572 g/mol. The second kappa shape index (κ2) is 14.5. The quantitative estimate of drug-likeness (QED) is 0.339. The van der Waals surface area contributed by atoms with E-state index < -0.39 is 12.2 Å². The van der Waals surface area contributed by atoms with Crippen LogP contribution in [0.2, 0.25) is 0 Å². The van der Waals surface area contributed by atoms with Gasteiger partial charge in [0.1, 0.15) is 18.0 Å². The maximum atomic E-state index is 14.0. The molecule has 1 heterocycles. The fourth-order valence-corrected chi connectivity index (χ4v) is 5.43. The van der Waals surface area contributed by atoms with Gasteiger partial charge in [0.25, 0.3) is 0 Å². The molecule has 222 valence electrons. The summed E-state index contributed by atoms with van der Waals surface area (Å²) in [6.07, 6.45) is 2.24. The number of phenols is 1. The number of urea groups is 1. The Labute approximate surface area is 248 Å². The standard InChI is InChI=1S/C33H41N5O4/c1-25-37(31(40)24-36(3)38(25)33(42)34-23-28-15-8-5-9-16-28)30(22-27-17-19-29(39)20-18-27)32(41)35(2)21-11-10-14-26-12-6-4-7-13-26/h4-9,12-13,15-20,25,30,39H,10-11,14,21-24H2,1-3H3,(H,34,42)/t25-,30?/m0/s1. The van der Waals surface area contributed by atoms with E-state index in [1.807, 2.05) is 48.5 Å². The molecule has 2 N–H and O–H groups in total. The highest BCUT2D eigenvalue weighted by Gasteiger charge is 2.43. The first kappa shape index (κ1) is 30.6. The predicted octanol–water partition coefficient (Wildman–Crippen LogP) is 4.03. The molecule has 1 aliphatic heterocycles. The van der Waals surface area contributed by atoms with Gasteiger partial charge < -0.3 is 20.2 Å². The Hall–Kier alpha value is -4.37. The fourth-order valence-electron chi connectivity index (χ4n) is 5.43. The smallest absolute Gasteiger partial charge is 0.334 e. The Bertz CT molecular complexity index is 1320. The van der Waals surface area contributed by atoms with Crippen LogP contribution in [0.3, 0.4) is 0 Å². The van der Waals surface area contributed by atoms with E-state index in [0.29, 0.717) is 13.1 Å². The van der Waals surface area contributed by atoms with E-state index >= 15 is 0 Å². The van der Waals surface area contributed by atoms with Crippen LogP contribution in [0, 0.1) is 0 Å². The van der Waals surface area contributed by atoms with Crippen LogP contribution in [0.5, 0.6) is 5.75 Å². The van der Waals surface area contributed by atoms with Crippen LogP contribution in [-0.2, 0) is 29.0 Å². The Kier molecular flexibility index (Phi) is 10.6. The SMILES string of the molecule is C[C@H]1N(C(Cc2ccc(O)cc2)C(=O)N(C)CCCCc2ccccc2)C(=O)CN(C)N1C(=O)NCc1ccccc1. The number of amides is 4. The van der Waals surface area contributed by atoms with Crippen LogP contribution < -0.4 is 5.32 Å². The molecule has 9 heteroatoms. The van der Waals surface area contributed by atoms with Gasteiger partial charge in [-0.3, -0.25) is 9.59 Å². The van der Waals surface area contributed by atoms with Crippen molar-refractivity contribution < 1.29 is 19.5 Å². The topological polar surface area (TPSA) is 96.4 Å². The summed E-state index contributed by atoms with van der Waals surface area (Å²) in [4.78, 5) is 44.1. The van der Waals surface area contributed by atoms with E-state index in [9.17, 15) is 19.5 Å². The second-order valence-electron chi connectivity index (χ2n) is 10.8. The molecule has 0 bridgehead atoms. The lowest BCUT2D eigenvalue weighted by molar-refractivity contribution is -0.171. The summed E-state index contributed by atoms with van der Waals surface area (Å²) in [7, 11) is 3.47. The molecule has 0 aliphatic carbocycles. The molecule has 0 spiro atoms. The normalized spacial score (nSPS) is 16.3. The molecule has 1 unspecified atom stereocenters. The summed E-state index contributed by atoms with van der Waals surface area (Å²) in [5.74, 6) is -0.286. The number of likely N-dealkylation sites (N-methyl/N-ethyl adjacent to an activating group) is 2. The van der Waals surface area contributed by atoms with Crippen molar-refractivity contribution in [1.82, 2.24) is 25.1 Å². The summed E-state index contributed by atoms with van der Waals surface area (Å²) in [6.45, 7) is 2.62. The van der Waals surface area contributed by atoms with E-state index in [1.54, 1.807) is 55.2 Å². The van der Waals surface area contributed by atoms with Gasteiger partial charge in [0.2, 0.25) is 11.8 Å². The zero-order valence-electron chi connectivity index (χ0n) is 24.6. The molecular formula is C33H41N5O4. The van der Waals surface area contributed by atoms with E-state index in [2.05, 4.69) is 17.4 Å². The van der Waals surface area contributed by atoms with Crippen molar-refractivity contribution >= 4 is 17.8 Å². The van der Waals surface area contributed by atoms with Crippen molar-refractivity contribution in [3.63, 3.8) is 0 Å². The van der Waals surface area contributed by atoms with Gasteiger partial charge in [0, 0.05) is 33.6 Å². The highest BCUT2D eigenvalue weighted by atomic mass is 16.3. The van der Waals surface area contributed by atoms with Crippen molar-refractivity contribution in [2.75, 3.05) is 27.2 Å². The first-order valence-electron chi connectivity index (χ1n) is 14.4. The van der Waals surface area contributed by atoms with Gasteiger partial charge in [0.15, 0.2) is 0 Å². The summed E-state index contributed by atoms with van der Waals surface area (Å²) < 4.78 is 0. The van der Waals surface area contributed by atoms with E-state index in [-0.39, 0.29) is 36.6 Å². The lowest BCUT2D eigenvalue weighted by Gasteiger charge is -2.49. The molecule has 1 fully saturated rings.